The van der Waals surface area contributed by atoms with Crippen molar-refractivity contribution in [1.82, 2.24) is 19.8 Å². The maximum atomic E-state index is 4.65. The van der Waals surface area contributed by atoms with Crippen LogP contribution in [0.5, 0.6) is 0 Å². The first-order valence-electron chi connectivity index (χ1n) is 8.79. The highest BCUT2D eigenvalue weighted by Crippen LogP contribution is 2.29. The highest BCUT2D eigenvalue weighted by atomic mass is 15.4. The van der Waals surface area contributed by atoms with Crippen LogP contribution in [0, 0.1) is 12.8 Å². The lowest BCUT2D eigenvalue weighted by molar-refractivity contribution is 0.323. The van der Waals surface area contributed by atoms with Crippen LogP contribution >= 0.6 is 0 Å². The molecule has 1 saturated carbocycles. The second-order valence-corrected chi connectivity index (χ2v) is 6.72. The number of nitrogens with zero attached hydrogens (tertiary/aromatic N) is 4. The van der Waals surface area contributed by atoms with Gasteiger partial charge in [-0.25, -0.2) is 0 Å². The van der Waals surface area contributed by atoms with Crippen LogP contribution in [0.4, 0.5) is 5.82 Å². The molecule has 2 heterocycles. The molecule has 1 aromatic carbocycles. The molecule has 1 fully saturated rings. The molecule has 0 radical (unpaired) electrons. The van der Waals surface area contributed by atoms with Crippen molar-refractivity contribution in [1.29, 1.82) is 0 Å². The molecule has 0 amide bonds. The van der Waals surface area contributed by atoms with Crippen molar-refractivity contribution in [2.45, 2.75) is 45.1 Å². The monoisotopic (exact) mass is 321 g/mol. The molecule has 0 aliphatic heterocycles. The van der Waals surface area contributed by atoms with E-state index in [-0.39, 0.29) is 0 Å². The maximum absolute atomic E-state index is 4.65. The van der Waals surface area contributed by atoms with E-state index in [1.165, 1.54) is 31.2 Å². The number of hydrogen-bond donors (Lipinski definition) is 1. The molecule has 1 aliphatic carbocycles. The van der Waals surface area contributed by atoms with Crippen molar-refractivity contribution in [3.8, 4) is 0 Å². The summed E-state index contributed by atoms with van der Waals surface area (Å²) in [5, 5.41) is 16.5. The van der Waals surface area contributed by atoms with Crippen molar-refractivity contribution in [2.24, 2.45) is 5.92 Å². The minimum Gasteiger partial charge on any atom is -0.366 e. The zero-order valence-electron chi connectivity index (χ0n) is 14.0. The molecule has 2 unspecified atom stereocenters. The summed E-state index contributed by atoms with van der Waals surface area (Å²) in [6.07, 6.45) is 6.23. The third kappa shape index (κ3) is 3.11. The number of aryl methyl sites for hydroxylation is 1. The van der Waals surface area contributed by atoms with Gasteiger partial charge in [0.05, 0.1) is 0 Å². The van der Waals surface area contributed by atoms with Gasteiger partial charge in [-0.3, -0.25) is 0 Å². The largest absolute Gasteiger partial charge is 0.366 e. The number of nitrogens with one attached hydrogen (secondary N) is 1. The third-order valence-corrected chi connectivity index (χ3v) is 5.00. The molecular weight excluding hydrogens is 298 g/mol. The number of rotatable bonds is 4. The Balaban J connectivity index is 1.52. The summed E-state index contributed by atoms with van der Waals surface area (Å²) in [5.41, 5.74) is 2.22. The van der Waals surface area contributed by atoms with Gasteiger partial charge in [0.2, 0.25) is 0 Å². The molecule has 0 saturated heterocycles. The predicted octanol–water partition coefficient (Wildman–Crippen LogP) is 3.65. The Kier molecular flexibility index (Phi) is 4.15. The molecule has 124 valence electrons. The lowest BCUT2D eigenvalue weighted by Gasteiger charge is -2.32. The lowest BCUT2D eigenvalue weighted by atomic mass is 9.80. The Hall–Kier alpha value is -2.43. The fourth-order valence-electron chi connectivity index (χ4n) is 3.72. The van der Waals surface area contributed by atoms with Crippen LogP contribution in [0.15, 0.2) is 42.5 Å². The van der Waals surface area contributed by atoms with Crippen LogP contribution in [0.25, 0.3) is 5.65 Å². The van der Waals surface area contributed by atoms with E-state index < -0.39 is 0 Å². The smallest absolute Gasteiger partial charge is 0.178 e. The highest BCUT2D eigenvalue weighted by Gasteiger charge is 2.25. The summed E-state index contributed by atoms with van der Waals surface area (Å²) in [4.78, 5) is 0. The first-order chi connectivity index (χ1) is 11.8. The van der Waals surface area contributed by atoms with Crippen molar-refractivity contribution < 1.29 is 0 Å². The zero-order chi connectivity index (χ0) is 16.4. The van der Waals surface area contributed by atoms with E-state index in [1.54, 1.807) is 4.52 Å². The number of anilines is 1. The summed E-state index contributed by atoms with van der Waals surface area (Å²) in [6, 6.07) is 15.3. The molecule has 1 N–H and O–H groups in total. The van der Waals surface area contributed by atoms with Crippen LogP contribution < -0.4 is 5.32 Å². The Morgan fingerprint density at radius 2 is 1.88 bits per heavy atom. The van der Waals surface area contributed by atoms with Crippen LogP contribution in [0.2, 0.25) is 0 Å². The quantitative estimate of drug-likeness (QED) is 0.797. The molecule has 0 bridgehead atoms. The van der Waals surface area contributed by atoms with E-state index in [2.05, 4.69) is 50.9 Å². The van der Waals surface area contributed by atoms with E-state index in [1.807, 2.05) is 19.1 Å². The average Bonchev–Trinajstić information content (AvgIpc) is 2.98. The second kappa shape index (κ2) is 6.59. The Labute approximate surface area is 142 Å². The van der Waals surface area contributed by atoms with Gasteiger partial charge < -0.3 is 5.32 Å². The van der Waals surface area contributed by atoms with Gasteiger partial charge in [0.1, 0.15) is 5.82 Å². The number of hydrogen-bond acceptors (Lipinski definition) is 4. The highest BCUT2D eigenvalue weighted by molar-refractivity contribution is 5.44. The molecule has 5 nitrogen and oxygen atoms in total. The SMILES string of the molecule is Cc1nnc2ccc(NC3CCCCC3Cc3ccccc3)nn12. The van der Waals surface area contributed by atoms with E-state index >= 15 is 0 Å². The van der Waals surface area contributed by atoms with E-state index in [4.69, 9.17) is 0 Å². The summed E-state index contributed by atoms with van der Waals surface area (Å²) >= 11 is 0. The Morgan fingerprint density at radius 1 is 1.04 bits per heavy atom. The first-order valence-corrected chi connectivity index (χ1v) is 8.79. The van der Waals surface area contributed by atoms with Gasteiger partial charge in [-0.15, -0.1) is 15.3 Å². The van der Waals surface area contributed by atoms with Gasteiger partial charge in [0, 0.05) is 6.04 Å². The lowest BCUT2D eigenvalue weighted by Crippen LogP contribution is -2.34. The molecule has 1 aliphatic rings. The van der Waals surface area contributed by atoms with Crippen LogP contribution in [0.3, 0.4) is 0 Å². The molecular formula is C19H23N5. The summed E-state index contributed by atoms with van der Waals surface area (Å²) < 4.78 is 1.80. The van der Waals surface area contributed by atoms with E-state index in [0.29, 0.717) is 12.0 Å². The molecule has 4 rings (SSSR count). The number of benzene rings is 1. The normalized spacial score (nSPS) is 21.0. The van der Waals surface area contributed by atoms with Gasteiger partial charge in [-0.2, -0.15) is 4.52 Å². The van der Waals surface area contributed by atoms with Crippen LogP contribution in [-0.4, -0.2) is 25.9 Å². The molecule has 24 heavy (non-hydrogen) atoms. The third-order valence-electron chi connectivity index (χ3n) is 5.00. The Morgan fingerprint density at radius 3 is 2.75 bits per heavy atom. The van der Waals surface area contributed by atoms with Gasteiger partial charge in [-0.05, 0) is 49.8 Å². The molecule has 5 heteroatoms. The summed E-state index contributed by atoms with van der Waals surface area (Å²) in [6.45, 7) is 1.93. The van der Waals surface area contributed by atoms with Crippen molar-refractivity contribution in [3.63, 3.8) is 0 Å². The fourth-order valence-corrected chi connectivity index (χ4v) is 3.72. The topological polar surface area (TPSA) is 55.1 Å². The summed E-state index contributed by atoms with van der Waals surface area (Å²) in [7, 11) is 0. The van der Waals surface area contributed by atoms with E-state index in [9.17, 15) is 0 Å². The van der Waals surface area contributed by atoms with Crippen molar-refractivity contribution in [2.75, 3.05) is 5.32 Å². The van der Waals surface area contributed by atoms with Gasteiger partial charge in [0.15, 0.2) is 11.5 Å². The zero-order valence-corrected chi connectivity index (χ0v) is 14.0. The van der Waals surface area contributed by atoms with Crippen molar-refractivity contribution >= 4 is 11.5 Å². The molecule has 2 atom stereocenters. The number of fused-ring (bicyclic) bond motifs is 1. The van der Waals surface area contributed by atoms with Crippen molar-refractivity contribution in [3.05, 3.63) is 53.9 Å². The van der Waals surface area contributed by atoms with Gasteiger partial charge in [0.25, 0.3) is 0 Å². The van der Waals surface area contributed by atoms with Gasteiger partial charge >= 0.3 is 0 Å². The summed E-state index contributed by atoms with van der Waals surface area (Å²) in [5.74, 6) is 2.38. The predicted molar refractivity (Wildman–Crippen MR) is 95.0 cm³/mol. The van der Waals surface area contributed by atoms with Crippen LogP contribution in [0.1, 0.15) is 37.1 Å². The Bertz CT molecular complexity index is 811. The molecule has 3 aromatic rings. The maximum Gasteiger partial charge on any atom is 0.178 e. The minimum atomic E-state index is 0.473. The van der Waals surface area contributed by atoms with Crippen LogP contribution in [-0.2, 0) is 6.42 Å². The second-order valence-electron chi connectivity index (χ2n) is 6.72. The molecule has 2 aromatic heterocycles. The fraction of sp³-hybridized carbons (Fsp3) is 0.421. The van der Waals surface area contributed by atoms with E-state index in [0.717, 1.165) is 23.7 Å². The minimum absolute atomic E-state index is 0.473. The average molecular weight is 321 g/mol. The standard InChI is InChI=1S/C19H23N5/c1-14-21-22-19-12-11-18(23-24(14)19)20-17-10-6-5-9-16(17)13-15-7-3-2-4-8-15/h2-4,7-8,11-12,16-17H,5-6,9-10,13H2,1H3,(H,20,23). The number of aromatic nitrogens is 4. The first kappa shape index (κ1) is 15.1. The van der Waals surface area contributed by atoms with Gasteiger partial charge in [-0.1, -0.05) is 43.2 Å². The molecule has 0 spiro atoms.